The first-order valence-electron chi connectivity index (χ1n) is 11.5. The molecule has 0 radical (unpaired) electrons. The highest BCUT2D eigenvalue weighted by Crippen LogP contribution is 2.27. The van der Waals surface area contributed by atoms with Gasteiger partial charge in [0, 0.05) is 29.6 Å². The number of H-pyrrole nitrogens is 1. The van der Waals surface area contributed by atoms with Crippen molar-refractivity contribution >= 4 is 28.7 Å². The molecule has 3 heterocycles. The quantitative estimate of drug-likeness (QED) is 0.472. The molecule has 34 heavy (non-hydrogen) atoms. The Bertz CT molecular complexity index is 1390. The Hall–Kier alpha value is -3.52. The Morgan fingerprint density at radius 1 is 1.12 bits per heavy atom. The van der Waals surface area contributed by atoms with Crippen molar-refractivity contribution in [2.45, 2.75) is 38.6 Å². The van der Waals surface area contributed by atoms with E-state index in [2.05, 4.69) is 34.4 Å². The van der Waals surface area contributed by atoms with Gasteiger partial charge in [0.05, 0.1) is 6.54 Å². The van der Waals surface area contributed by atoms with Crippen LogP contribution in [-0.4, -0.2) is 48.9 Å². The van der Waals surface area contributed by atoms with Crippen molar-refractivity contribution in [1.29, 1.82) is 0 Å². The van der Waals surface area contributed by atoms with Gasteiger partial charge in [-0.2, -0.15) is 0 Å². The molecule has 1 saturated heterocycles. The standard InChI is InChI=1S/C25H25ClN6O2/c1-2-16-4-3-5-17(14-16)15-32-23-21(29-30-32)24(33)28-22(27-23)18-10-12-31(13-11-18)25(34)19-6-8-20(26)9-7-19/h3-9,14,18H,2,10-13,15H2,1H3,(H,27,28,33). The monoisotopic (exact) mass is 476 g/mol. The van der Waals surface area contributed by atoms with Crippen LogP contribution in [0.15, 0.2) is 53.3 Å². The number of carbonyl (C=O) groups is 1. The van der Waals surface area contributed by atoms with Gasteiger partial charge in [-0.15, -0.1) is 5.10 Å². The van der Waals surface area contributed by atoms with Crippen molar-refractivity contribution < 1.29 is 4.79 Å². The van der Waals surface area contributed by atoms with E-state index in [1.54, 1.807) is 28.9 Å². The minimum Gasteiger partial charge on any atom is -0.339 e. The van der Waals surface area contributed by atoms with Crippen molar-refractivity contribution in [1.82, 2.24) is 29.9 Å². The number of aryl methyl sites for hydroxylation is 1. The summed E-state index contributed by atoms with van der Waals surface area (Å²) in [6, 6.07) is 15.2. The third kappa shape index (κ3) is 4.46. The van der Waals surface area contributed by atoms with Crippen LogP contribution < -0.4 is 5.56 Å². The van der Waals surface area contributed by atoms with E-state index in [0.717, 1.165) is 12.0 Å². The fraction of sp³-hybridized carbons (Fsp3) is 0.320. The second-order valence-corrected chi connectivity index (χ2v) is 9.05. The third-order valence-corrected chi connectivity index (χ3v) is 6.64. The molecule has 1 aliphatic rings. The number of carbonyl (C=O) groups excluding carboxylic acids is 1. The number of benzene rings is 2. The Kier molecular flexibility index (Phi) is 6.15. The van der Waals surface area contributed by atoms with E-state index in [0.29, 0.717) is 54.5 Å². The van der Waals surface area contributed by atoms with E-state index in [1.165, 1.54) is 5.56 Å². The summed E-state index contributed by atoms with van der Waals surface area (Å²) in [5, 5.41) is 8.86. The van der Waals surface area contributed by atoms with Crippen LogP contribution in [0, 0.1) is 0 Å². The summed E-state index contributed by atoms with van der Waals surface area (Å²) in [5.74, 6) is 0.670. The minimum atomic E-state index is -0.284. The lowest BCUT2D eigenvalue weighted by atomic mass is 9.95. The second kappa shape index (κ2) is 9.38. The summed E-state index contributed by atoms with van der Waals surface area (Å²) in [7, 11) is 0. The normalized spacial score (nSPS) is 14.6. The lowest BCUT2D eigenvalue weighted by Gasteiger charge is -2.31. The Balaban J connectivity index is 1.34. The predicted octanol–water partition coefficient (Wildman–Crippen LogP) is 3.80. The molecular weight excluding hydrogens is 452 g/mol. The first kappa shape index (κ1) is 22.3. The zero-order valence-corrected chi connectivity index (χ0v) is 19.6. The van der Waals surface area contributed by atoms with Crippen molar-refractivity contribution in [3.8, 4) is 0 Å². The van der Waals surface area contributed by atoms with Crippen LogP contribution in [0.4, 0.5) is 0 Å². The van der Waals surface area contributed by atoms with Crippen molar-refractivity contribution in [3.63, 3.8) is 0 Å². The summed E-state index contributed by atoms with van der Waals surface area (Å²) < 4.78 is 1.68. The molecule has 1 fully saturated rings. The van der Waals surface area contributed by atoms with Gasteiger partial charge in [-0.25, -0.2) is 9.67 Å². The van der Waals surface area contributed by atoms with E-state index in [-0.39, 0.29) is 22.9 Å². The molecule has 0 atom stereocenters. The van der Waals surface area contributed by atoms with Crippen LogP contribution in [0.25, 0.3) is 11.2 Å². The van der Waals surface area contributed by atoms with Crippen LogP contribution in [0.1, 0.15) is 53.0 Å². The Morgan fingerprint density at radius 2 is 1.85 bits per heavy atom. The van der Waals surface area contributed by atoms with Gasteiger partial charge < -0.3 is 9.88 Å². The Labute approximate surface area is 201 Å². The molecule has 1 aliphatic heterocycles. The molecule has 2 aromatic carbocycles. The molecule has 9 heteroatoms. The molecule has 174 valence electrons. The van der Waals surface area contributed by atoms with Crippen LogP contribution in [-0.2, 0) is 13.0 Å². The van der Waals surface area contributed by atoms with Gasteiger partial charge in [0.15, 0.2) is 11.2 Å². The lowest BCUT2D eigenvalue weighted by molar-refractivity contribution is 0.0711. The largest absolute Gasteiger partial charge is 0.339 e. The van der Waals surface area contributed by atoms with Crippen LogP contribution in [0.5, 0.6) is 0 Å². The average molecular weight is 477 g/mol. The SMILES string of the molecule is CCc1cccc(Cn2nnc3c(=O)[nH]c(C4CCN(C(=O)c5ccc(Cl)cc5)CC4)nc32)c1. The number of rotatable bonds is 5. The second-order valence-electron chi connectivity index (χ2n) is 8.62. The number of likely N-dealkylation sites (tertiary alicyclic amines) is 1. The van der Waals surface area contributed by atoms with E-state index < -0.39 is 0 Å². The maximum Gasteiger partial charge on any atom is 0.281 e. The number of nitrogens with one attached hydrogen (secondary N) is 1. The van der Waals surface area contributed by atoms with Gasteiger partial charge >= 0.3 is 0 Å². The van der Waals surface area contributed by atoms with E-state index in [9.17, 15) is 9.59 Å². The summed E-state index contributed by atoms with van der Waals surface area (Å²) in [5.41, 5.74) is 3.40. The van der Waals surface area contributed by atoms with Gasteiger partial charge in [-0.05, 0) is 54.7 Å². The van der Waals surface area contributed by atoms with E-state index >= 15 is 0 Å². The molecule has 0 bridgehead atoms. The molecule has 1 amide bonds. The molecule has 8 nitrogen and oxygen atoms in total. The number of aromatic amines is 1. The summed E-state index contributed by atoms with van der Waals surface area (Å²) >= 11 is 5.93. The first-order valence-corrected chi connectivity index (χ1v) is 11.9. The number of fused-ring (bicyclic) bond motifs is 1. The number of piperidine rings is 1. The molecule has 0 aliphatic carbocycles. The van der Waals surface area contributed by atoms with Gasteiger partial charge in [0.2, 0.25) is 0 Å². The molecule has 2 aromatic heterocycles. The number of amides is 1. The predicted molar refractivity (Wildman–Crippen MR) is 130 cm³/mol. The third-order valence-electron chi connectivity index (χ3n) is 6.38. The van der Waals surface area contributed by atoms with Crippen molar-refractivity contribution in [2.75, 3.05) is 13.1 Å². The van der Waals surface area contributed by atoms with Crippen molar-refractivity contribution in [3.05, 3.63) is 86.4 Å². The number of hydrogen-bond acceptors (Lipinski definition) is 5. The summed E-state index contributed by atoms with van der Waals surface area (Å²) in [6.07, 6.45) is 2.38. The van der Waals surface area contributed by atoms with Gasteiger partial charge in [-0.3, -0.25) is 9.59 Å². The Morgan fingerprint density at radius 3 is 2.59 bits per heavy atom. The lowest BCUT2D eigenvalue weighted by Crippen LogP contribution is -2.38. The molecule has 0 unspecified atom stereocenters. The minimum absolute atomic E-state index is 0.0105. The highest BCUT2D eigenvalue weighted by molar-refractivity contribution is 6.30. The van der Waals surface area contributed by atoms with Gasteiger partial charge in [0.25, 0.3) is 11.5 Å². The maximum atomic E-state index is 12.8. The molecule has 1 N–H and O–H groups in total. The highest BCUT2D eigenvalue weighted by Gasteiger charge is 2.27. The maximum absolute atomic E-state index is 12.8. The molecule has 4 aromatic rings. The fourth-order valence-electron chi connectivity index (χ4n) is 4.43. The van der Waals surface area contributed by atoms with E-state index in [1.807, 2.05) is 17.0 Å². The summed E-state index contributed by atoms with van der Waals surface area (Å²) in [6.45, 7) is 3.80. The number of nitrogens with zero attached hydrogens (tertiary/aromatic N) is 5. The smallest absolute Gasteiger partial charge is 0.281 e. The number of halogens is 1. The van der Waals surface area contributed by atoms with Crippen molar-refractivity contribution in [2.24, 2.45) is 0 Å². The topological polar surface area (TPSA) is 96.8 Å². The average Bonchev–Trinajstić information content (AvgIpc) is 3.27. The zero-order chi connectivity index (χ0) is 23.7. The molecule has 5 rings (SSSR count). The highest BCUT2D eigenvalue weighted by atomic mass is 35.5. The molecule has 0 saturated carbocycles. The molecule has 0 spiro atoms. The first-order chi connectivity index (χ1) is 16.5. The summed E-state index contributed by atoms with van der Waals surface area (Å²) in [4.78, 5) is 35.0. The van der Waals surface area contributed by atoms with Crippen LogP contribution >= 0.6 is 11.6 Å². The van der Waals surface area contributed by atoms with Crippen LogP contribution in [0.2, 0.25) is 5.02 Å². The molecular formula is C25H25ClN6O2. The van der Waals surface area contributed by atoms with Crippen LogP contribution in [0.3, 0.4) is 0 Å². The number of aromatic nitrogens is 5. The number of hydrogen-bond donors (Lipinski definition) is 1. The van der Waals surface area contributed by atoms with Gasteiger partial charge in [-0.1, -0.05) is 48.0 Å². The zero-order valence-electron chi connectivity index (χ0n) is 18.9. The fourth-order valence-corrected chi connectivity index (χ4v) is 4.56. The van der Waals surface area contributed by atoms with E-state index in [4.69, 9.17) is 16.6 Å². The van der Waals surface area contributed by atoms with Gasteiger partial charge in [0.1, 0.15) is 5.82 Å².